The molecule has 0 fully saturated rings. The Morgan fingerprint density at radius 1 is 1.23 bits per heavy atom. The maximum absolute atomic E-state index is 14.6. The normalized spacial score (nSPS) is 11.1. The fourth-order valence-corrected chi connectivity index (χ4v) is 3.20. The van der Waals surface area contributed by atoms with Crippen molar-refractivity contribution >= 4 is 23.2 Å². The van der Waals surface area contributed by atoms with Crippen molar-refractivity contribution < 1.29 is 18.3 Å². The number of ether oxygens (including phenoxy) is 1. The van der Waals surface area contributed by atoms with Crippen LogP contribution in [0.2, 0.25) is 5.02 Å². The van der Waals surface area contributed by atoms with Gasteiger partial charge in [0.15, 0.2) is 0 Å². The fourth-order valence-electron chi connectivity index (χ4n) is 3.02. The molecule has 1 aromatic heterocycles. The maximum Gasteiger partial charge on any atom is 0.261 e. The van der Waals surface area contributed by atoms with E-state index < -0.39 is 23.1 Å². The monoisotopic (exact) mass is 433 g/mol. The SMILES string of the molecule is Cc1cccc(NC(=O)c2c(F)cc(OCc3c(Cl)cnn3C(C)C)cc2F)c1C. The Morgan fingerprint density at radius 2 is 1.90 bits per heavy atom. The Balaban J connectivity index is 1.79. The molecular formula is C22H22ClF2N3O2. The summed E-state index contributed by atoms with van der Waals surface area (Å²) in [6, 6.07) is 7.32. The predicted octanol–water partition coefficient (Wildman–Crippen LogP) is 5.84. The molecule has 8 heteroatoms. The van der Waals surface area contributed by atoms with E-state index in [0.29, 0.717) is 16.4 Å². The number of hydrogen-bond donors (Lipinski definition) is 1. The first-order valence-electron chi connectivity index (χ1n) is 9.40. The van der Waals surface area contributed by atoms with Gasteiger partial charge < -0.3 is 10.1 Å². The summed E-state index contributed by atoms with van der Waals surface area (Å²) in [6.45, 7) is 7.53. The lowest BCUT2D eigenvalue weighted by molar-refractivity contribution is 0.101. The molecule has 1 amide bonds. The lowest BCUT2D eigenvalue weighted by Crippen LogP contribution is -2.17. The van der Waals surface area contributed by atoms with E-state index in [1.807, 2.05) is 33.8 Å². The molecule has 1 N–H and O–H groups in total. The van der Waals surface area contributed by atoms with Gasteiger partial charge in [-0.2, -0.15) is 5.10 Å². The summed E-state index contributed by atoms with van der Waals surface area (Å²) in [4.78, 5) is 12.5. The number of aryl methyl sites for hydroxylation is 1. The van der Waals surface area contributed by atoms with Gasteiger partial charge in [0.2, 0.25) is 0 Å². The van der Waals surface area contributed by atoms with E-state index in [2.05, 4.69) is 10.4 Å². The number of carbonyl (C=O) groups excluding carboxylic acids is 1. The Bertz CT molecular complexity index is 1070. The van der Waals surface area contributed by atoms with Gasteiger partial charge in [-0.1, -0.05) is 23.7 Å². The number of carbonyl (C=O) groups is 1. The zero-order valence-corrected chi connectivity index (χ0v) is 17.8. The number of halogens is 3. The summed E-state index contributed by atoms with van der Waals surface area (Å²) in [5.74, 6) is -2.96. The van der Waals surface area contributed by atoms with Gasteiger partial charge in [-0.05, 0) is 44.9 Å². The number of amides is 1. The molecule has 0 bridgehead atoms. The number of hydrogen-bond acceptors (Lipinski definition) is 3. The van der Waals surface area contributed by atoms with Crippen molar-refractivity contribution in [3.05, 3.63) is 75.6 Å². The minimum absolute atomic E-state index is 0.0239. The smallest absolute Gasteiger partial charge is 0.261 e. The molecule has 5 nitrogen and oxygen atoms in total. The molecule has 3 aromatic rings. The molecule has 0 saturated heterocycles. The number of anilines is 1. The minimum atomic E-state index is -1.02. The topological polar surface area (TPSA) is 56.1 Å². The Hall–Kier alpha value is -2.93. The largest absolute Gasteiger partial charge is 0.487 e. The van der Waals surface area contributed by atoms with Crippen LogP contribution in [0, 0.1) is 25.5 Å². The van der Waals surface area contributed by atoms with Crippen LogP contribution in [0.1, 0.15) is 47.1 Å². The summed E-state index contributed by atoms with van der Waals surface area (Å²) in [7, 11) is 0. The molecule has 158 valence electrons. The van der Waals surface area contributed by atoms with Crippen LogP contribution < -0.4 is 10.1 Å². The molecule has 0 atom stereocenters. The lowest BCUT2D eigenvalue weighted by atomic mass is 10.1. The van der Waals surface area contributed by atoms with Gasteiger partial charge in [-0.3, -0.25) is 9.48 Å². The zero-order chi connectivity index (χ0) is 22.0. The molecule has 0 aliphatic carbocycles. The molecule has 0 saturated carbocycles. The molecule has 0 spiro atoms. The van der Waals surface area contributed by atoms with Gasteiger partial charge >= 0.3 is 0 Å². The average molecular weight is 434 g/mol. The molecule has 0 unspecified atom stereocenters. The molecule has 1 heterocycles. The Labute approximate surface area is 178 Å². The third-order valence-corrected chi connectivity index (χ3v) is 5.12. The number of benzene rings is 2. The highest BCUT2D eigenvalue weighted by atomic mass is 35.5. The van der Waals surface area contributed by atoms with Crippen LogP contribution in [0.25, 0.3) is 0 Å². The van der Waals surface area contributed by atoms with E-state index >= 15 is 0 Å². The van der Waals surface area contributed by atoms with Crippen LogP contribution in [0.5, 0.6) is 5.75 Å². The van der Waals surface area contributed by atoms with E-state index in [-0.39, 0.29) is 18.4 Å². The molecule has 0 aliphatic rings. The van der Waals surface area contributed by atoms with E-state index in [4.69, 9.17) is 16.3 Å². The molecule has 3 rings (SSSR count). The van der Waals surface area contributed by atoms with Crippen LogP contribution >= 0.6 is 11.6 Å². The molecule has 0 aliphatic heterocycles. The van der Waals surface area contributed by atoms with Crippen molar-refractivity contribution in [1.29, 1.82) is 0 Å². The Kier molecular flexibility index (Phi) is 6.41. The van der Waals surface area contributed by atoms with Gasteiger partial charge in [0.25, 0.3) is 5.91 Å². The van der Waals surface area contributed by atoms with E-state index in [0.717, 1.165) is 23.3 Å². The number of nitrogens with zero attached hydrogens (tertiary/aromatic N) is 2. The van der Waals surface area contributed by atoms with Crippen LogP contribution in [0.15, 0.2) is 36.5 Å². The number of rotatable bonds is 6. The standard InChI is InChI=1S/C22H22ClF2N3O2/c1-12(2)28-20(16(23)10-26-28)11-30-15-8-17(24)21(18(25)9-15)22(29)27-19-7-5-6-13(3)14(19)4/h5-10,12H,11H2,1-4H3,(H,27,29). The first-order chi connectivity index (χ1) is 14.2. The first kappa shape index (κ1) is 21.8. The third kappa shape index (κ3) is 4.46. The highest BCUT2D eigenvalue weighted by Gasteiger charge is 2.21. The van der Waals surface area contributed by atoms with E-state index in [9.17, 15) is 13.6 Å². The zero-order valence-electron chi connectivity index (χ0n) is 17.1. The summed E-state index contributed by atoms with van der Waals surface area (Å²) < 4.78 is 36.3. The van der Waals surface area contributed by atoms with Gasteiger partial charge in [-0.25, -0.2) is 8.78 Å². The second kappa shape index (κ2) is 8.83. The van der Waals surface area contributed by atoms with Crippen molar-refractivity contribution in [1.82, 2.24) is 9.78 Å². The first-order valence-corrected chi connectivity index (χ1v) is 9.78. The summed E-state index contributed by atoms with van der Waals surface area (Å²) in [6.07, 6.45) is 1.49. The van der Waals surface area contributed by atoms with E-state index in [1.165, 1.54) is 6.20 Å². The Morgan fingerprint density at radius 3 is 2.53 bits per heavy atom. The number of aromatic nitrogens is 2. The maximum atomic E-state index is 14.6. The van der Waals surface area contributed by atoms with Crippen molar-refractivity contribution in [3.8, 4) is 5.75 Å². The third-order valence-electron chi connectivity index (χ3n) is 4.81. The highest BCUT2D eigenvalue weighted by molar-refractivity contribution is 6.31. The summed E-state index contributed by atoms with van der Waals surface area (Å²) in [5, 5.41) is 7.12. The van der Waals surface area contributed by atoms with Crippen LogP contribution in [0.4, 0.5) is 14.5 Å². The second-order valence-corrected chi connectivity index (χ2v) is 7.64. The molecule has 2 aromatic carbocycles. The van der Waals surface area contributed by atoms with Crippen LogP contribution in [-0.2, 0) is 6.61 Å². The quantitative estimate of drug-likeness (QED) is 0.531. The van der Waals surface area contributed by atoms with Crippen molar-refractivity contribution in [2.24, 2.45) is 0 Å². The second-order valence-electron chi connectivity index (χ2n) is 7.23. The van der Waals surface area contributed by atoms with Crippen molar-refractivity contribution in [2.45, 2.75) is 40.3 Å². The minimum Gasteiger partial charge on any atom is -0.487 e. The highest BCUT2D eigenvalue weighted by Crippen LogP contribution is 2.26. The molecule has 30 heavy (non-hydrogen) atoms. The summed E-state index contributed by atoms with van der Waals surface area (Å²) in [5.41, 5.74) is 2.19. The van der Waals surface area contributed by atoms with Crippen molar-refractivity contribution in [3.63, 3.8) is 0 Å². The summed E-state index contributed by atoms with van der Waals surface area (Å²) >= 11 is 6.12. The molecular weight excluding hydrogens is 412 g/mol. The molecule has 0 radical (unpaired) electrons. The van der Waals surface area contributed by atoms with Crippen LogP contribution in [-0.4, -0.2) is 15.7 Å². The van der Waals surface area contributed by atoms with Gasteiger partial charge in [0, 0.05) is 23.9 Å². The fraction of sp³-hybridized carbons (Fsp3) is 0.273. The van der Waals surface area contributed by atoms with Crippen LogP contribution in [0.3, 0.4) is 0 Å². The average Bonchev–Trinajstić information content (AvgIpc) is 3.04. The van der Waals surface area contributed by atoms with Crippen molar-refractivity contribution in [2.75, 3.05) is 5.32 Å². The number of nitrogens with one attached hydrogen (secondary N) is 1. The van der Waals surface area contributed by atoms with Gasteiger partial charge in [-0.15, -0.1) is 0 Å². The lowest BCUT2D eigenvalue weighted by Gasteiger charge is -2.14. The van der Waals surface area contributed by atoms with E-state index in [1.54, 1.807) is 16.8 Å². The van der Waals surface area contributed by atoms with Gasteiger partial charge in [0.05, 0.1) is 16.9 Å². The predicted molar refractivity (Wildman–Crippen MR) is 112 cm³/mol. The van der Waals surface area contributed by atoms with Gasteiger partial charge in [0.1, 0.15) is 29.6 Å².